The van der Waals surface area contributed by atoms with Gasteiger partial charge in [-0.2, -0.15) is 0 Å². The highest BCUT2D eigenvalue weighted by Gasteiger charge is 2.10. The molecule has 0 bridgehead atoms. The Balaban J connectivity index is 3.16. The summed E-state index contributed by atoms with van der Waals surface area (Å²) >= 11 is 0. The van der Waals surface area contributed by atoms with Gasteiger partial charge in [0.2, 0.25) is 0 Å². The van der Waals surface area contributed by atoms with E-state index in [0.717, 1.165) is 12.1 Å². The maximum atomic E-state index is 5.96. The Kier molecular flexibility index (Phi) is 3.78. The predicted octanol–water partition coefficient (Wildman–Crippen LogP) is 3.90. The zero-order valence-electron chi connectivity index (χ0n) is 10.6. The van der Waals surface area contributed by atoms with Gasteiger partial charge in [0.25, 0.3) is 0 Å². The van der Waals surface area contributed by atoms with Crippen LogP contribution in [0.2, 0.25) is 0 Å². The van der Waals surface area contributed by atoms with Crippen molar-refractivity contribution in [3.05, 3.63) is 28.8 Å². The maximum Gasteiger partial charge on any atom is 0.0346 e. The lowest BCUT2D eigenvalue weighted by molar-refractivity contribution is 0.638. The molecule has 0 heterocycles. The van der Waals surface area contributed by atoms with Crippen molar-refractivity contribution in [3.8, 4) is 0 Å². The van der Waals surface area contributed by atoms with Crippen molar-refractivity contribution in [2.24, 2.45) is 5.92 Å². The van der Waals surface area contributed by atoms with E-state index in [4.69, 9.17) is 5.73 Å². The van der Waals surface area contributed by atoms with Gasteiger partial charge in [-0.25, -0.2) is 0 Å². The Bertz CT molecular complexity index is 337. The first-order valence-electron chi connectivity index (χ1n) is 5.80. The lowest BCUT2D eigenvalue weighted by atomic mass is 9.90. The summed E-state index contributed by atoms with van der Waals surface area (Å²) in [5, 5.41) is 0. The number of hydrogen-bond acceptors (Lipinski definition) is 1. The largest absolute Gasteiger partial charge is 0.399 e. The quantitative estimate of drug-likeness (QED) is 0.744. The average molecular weight is 205 g/mol. The van der Waals surface area contributed by atoms with Crippen LogP contribution in [0.4, 0.5) is 5.69 Å². The van der Waals surface area contributed by atoms with Crippen molar-refractivity contribution in [1.29, 1.82) is 0 Å². The second-order valence-corrected chi connectivity index (χ2v) is 5.16. The molecule has 0 aromatic heterocycles. The molecule has 1 aromatic rings. The molecule has 0 unspecified atom stereocenters. The van der Waals surface area contributed by atoms with Gasteiger partial charge >= 0.3 is 0 Å². The maximum absolute atomic E-state index is 5.96. The Labute approximate surface area is 93.7 Å². The summed E-state index contributed by atoms with van der Waals surface area (Å²) < 4.78 is 0. The Morgan fingerprint density at radius 3 is 2.20 bits per heavy atom. The number of aryl methyl sites for hydroxylation is 1. The van der Waals surface area contributed by atoms with Gasteiger partial charge in [-0.05, 0) is 47.9 Å². The van der Waals surface area contributed by atoms with Crippen molar-refractivity contribution in [2.75, 3.05) is 5.73 Å². The van der Waals surface area contributed by atoms with Crippen LogP contribution in [0.25, 0.3) is 0 Å². The fourth-order valence-electron chi connectivity index (χ4n) is 1.96. The van der Waals surface area contributed by atoms with Crippen LogP contribution in [-0.2, 0) is 6.42 Å². The van der Waals surface area contributed by atoms with E-state index in [1.165, 1.54) is 16.7 Å². The Hall–Kier alpha value is -0.980. The monoisotopic (exact) mass is 205 g/mol. The van der Waals surface area contributed by atoms with Gasteiger partial charge in [0.15, 0.2) is 0 Å². The van der Waals surface area contributed by atoms with Crippen LogP contribution >= 0.6 is 0 Å². The minimum atomic E-state index is 0.557. The highest BCUT2D eigenvalue weighted by atomic mass is 14.6. The van der Waals surface area contributed by atoms with Crippen LogP contribution in [0.15, 0.2) is 12.1 Å². The summed E-state index contributed by atoms with van der Waals surface area (Å²) in [6, 6.07) is 4.41. The molecule has 1 nitrogen and oxygen atoms in total. The summed E-state index contributed by atoms with van der Waals surface area (Å²) in [6.45, 7) is 11.1. The summed E-state index contributed by atoms with van der Waals surface area (Å²) in [4.78, 5) is 0. The van der Waals surface area contributed by atoms with Crippen LogP contribution in [-0.4, -0.2) is 0 Å². The fourth-order valence-corrected chi connectivity index (χ4v) is 1.96. The molecule has 0 spiro atoms. The van der Waals surface area contributed by atoms with E-state index in [1.54, 1.807) is 0 Å². The van der Waals surface area contributed by atoms with Crippen LogP contribution in [0.5, 0.6) is 0 Å². The molecule has 1 heteroatoms. The number of anilines is 1. The van der Waals surface area contributed by atoms with Crippen molar-refractivity contribution in [2.45, 2.75) is 47.0 Å². The van der Waals surface area contributed by atoms with Crippen molar-refractivity contribution in [1.82, 2.24) is 0 Å². The minimum absolute atomic E-state index is 0.557. The van der Waals surface area contributed by atoms with E-state index in [1.807, 2.05) is 0 Å². The van der Waals surface area contributed by atoms with Gasteiger partial charge in [-0.3, -0.25) is 0 Å². The molecule has 0 radical (unpaired) electrons. The third kappa shape index (κ3) is 2.98. The van der Waals surface area contributed by atoms with Crippen LogP contribution < -0.4 is 5.73 Å². The molecule has 2 N–H and O–H groups in total. The fraction of sp³-hybridized carbons (Fsp3) is 0.571. The highest BCUT2D eigenvalue weighted by molar-refractivity contribution is 5.52. The third-order valence-corrected chi connectivity index (χ3v) is 2.78. The Morgan fingerprint density at radius 1 is 1.13 bits per heavy atom. The van der Waals surface area contributed by atoms with Crippen LogP contribution in [0.1, 0.15) is 50.3 Å². The molecule has 1 aromatic carbocycles. The molecule has 0 aliphatic heterocycles. The zero-order chi connectivity index (χ0) is 11.6. The topological polar surface area (TPSA) is 26.0 Å². The number of nitrogen functional groups attached to an aromatic ring is 1. The Morgan fingerprint density at radius 2 is 1.73 bits per heavy atom. The molecule has 15 heavy (non-hydrogen) atoms. The van der Waals surface area contributed by atoms with Gasteiger partial charge in [-0.15, -0.1) is 0 Å². The summed E-state index contributed by atoms with van der Waals surface area (Å²) in [7, 11) is 0. The lowest BCUT2D eigenvalue weighted by Crippen LogP contribution is -2.04. The number of hydrogen-bond donors (Lipinski definition) is 1. The molecular weight excluding hydrogens is 182 g/mol. The number of rotatable bonds is 3. The lowest BCUT2D eigenvalue weighted by Gasteiger charge is -2.17. The molecule has 0 amide bonds. The summed E-state index contributed by atoms with van der Waals surface area (Å²) in [5.41, 5.74) is 11.0. The first-order valence-corrected chi connectivity index (χ1v) is 5.80. The standard InChI is InChI=1S/C14H23N/c1-9(2)6-12-7-11(5)14(15)8-13(12)10(3)4/h7-10H,6,15H2,1-5H3. The molecule has 0 aliphatic rings. The van der Waals surface area contributed by atoms with Crippen molar-refractivity contribution < 1.29 is 0 Å². The molecule has 0 aliphatic carbocycles. The minimum Gasteiger partial charge on any atom is -0.399 e. The van der Waals surface area contributed by atoms with E-state index in [-0.39, 0.29) is 0 Å². The summed E-state index contributed by atoms with van der Waals surface area (Å²) in [5.74, 6) is 1.26. The predicted molar refractivity (Wildman–Crippen MR) is 68.2 cm³/mol. The first-order chi connectivity index (χ1) is 6.91. The van der Waals surface area contributed by atoms with Gasteiger partial charge in [-0.1, -0.05) is 33.8 Å². The number of nitrogens with two attached hydrogens (primary N) is 1. The van der Waals surface area contributed by atoms with E-state index < -0.39 is 0 Å². The molecule has 0 saturated heterocycles. The van der Waals surface area contributed by atoms with Gasteiger partial charge in [0.1, 0.15) is 0 Å². The molecule has 1 rings (SSSR count). The molecule has 0 saturated carbocycles. The van der Waals surface area contributed by atoms with E-state index >= 15 is 0 Å². The number of benzene rings is 1. The zero-order valence-corrected chi connectivity index (χ0v) is 10.6. The van der Waals surface area contributed by atoms with Crippen LogP contribution in [0, 0.1) is 12.8 Å². The smallest absolute Gasteiger partial charge is 0.0346 e. The molecule has 84 valence electrons. The van der Waals surface area contributed by atoms with E-state index in [0.29, 0.717) is 11.8 Å². The SMILES string of the molecule is Cc1cc(CC(C)C)c(C(C)C)cc1N. The first kappa shape index (κ1) is 12.1. The van der Waals surface area contributed by atoms with E-state index in [2.05, 4.69) is 46.8 Å². The van der Waals surface area contributed by atoms with Gasteiger partial charge < -0.3 is 5.73 Å². The molecular formula is C14H23N. The van der Waals surface area contributed by atoms with Crippen LogP contribution in [0.3, 0.4) is 0 Å². The highest BCUT2D eigenvalue weighted by Crippen LogP contribution is 2.26. The van der Waals surface area contributed by atoms with Crippen molar-refractivity contribution in [3.63, 3.8) is 0 Å². The van der Waals surface area contributed by atoms with Gasteiger partial charge in [0.05, 0.1) is 0 Å². The second-order valence-electron chi connectivity index (χ2n) is 5.16. The molecule has 0 atom stereocenters. The second kappa shape index (κ2) is 4.69. The molecule has 0 fully saturated rings. The summed E-state index contributed by atoms with van der Waals surface area (Å²) in [6.07, 6.45) is 1.15. The van der Waals surface area contributed by atoms with Gasteiger partial charge in [0, 0.05) is 5.69 Å². The van der Waals surface area contributed by atoms with E-state index in [9.17, 15) is 0 Å². The third-order valence-electron chi connectivity index (χ3n) is 2.78. The normalized spacial score (nSPS) is 11.4. The van der Waals surface area contributed by atoms with Crippen molar-refractivity contribution >= 4 is 5.69 Å². The average Bonchev–Trinajstić information content (AvgIpc) is 2.09.